The number of ether oxygens (including phenoxy) is 2. The number of H-pyrrole nitrogens is 2. The lowest BCUT2D eigenvalue weighted by molar-refractivity contribution is -0.120. The molecule has 1 saturated heterocycles. The molecule has 0 unspecified atom stereocenters. The van der Waals surface area contributed by atoms with Gasteiger partial charge in [0.15, 0.2) is 5.78 Å². The molecule has 7 rings (SSSR count). The quantitative estimate of drug-likeness (QED) is 0.0469. The lowest BCUT2D eigenvalue weighted by Crippen LogP contribution is -2.33. The van der Waals surface area contributed by atoms with Crippen LogP contribution < -0.4 is 16.6 Å². The zero-order valence-electron chi connectivity index (χ0n) is 31.3. The number of unbranched alkanes of at least 4 members (excludes halogenated alkanes) is 1. The second-order valence-electron chi connectivity index (χ2n) is 13.4. The highest BCUT2D eigenvalue weighted by Gasteiger charge is 2.36. The molecule has 5 heterocycles. The molecule has 0 spiro atoms. The molecule has 1 aromatic carbocycles. The average Bonchev–Trinajstić information content (AvgIpc) is 3.79. The van der Waals surface area contributed by atoms with E-state index in [2.05, 4.69) is 35.3 Å². The summed E-state index contributed by atoms with van der Waals surface area (Å²) >= 11 is 0. The number of rotatable bonds is 11. The SMILES string of the molecule is CCCCOC(=O)c1cc2c([nH]c3ccccc32)c(-c2ccc3c(n2)C(=O)C(NC(=O)CCC)=CC3=O)n1.Cc1cn([C@H]2C[C@H](N=[N+]=[N-])[C@@H](CO)O2)c(=O)[nH]c1=O. The first-order valence-electron chi connectivity index (χ1n) is 18.3. The number of fused-ring (bicyclic) bond motifs is 4. The van der Waals surface area contributed by atoms with E-state index >= 15 is 0 Å². The van der Waals surface area contributed by atoms with Crippen molar-refractivity contribution in [2.45, 2.75) is 71.2 Å². The molecule has 4 aromatic heterocycles. The predicted octanol–water partition coefficient (Wildman–Crippen LogP) is 4.72. The molecule has 18 nitrogen and oxygen atoms in total. The van der Waals surface area contributed by atoms with Gasteiger partial charge in [-0.25, -0.2) is 19.6 Å². The number of Topliss-reactive ketones (excluding diaryl/α,β-unsaturated/α-hetero) is 1. The molecular weight excluding hydrogens is 738 g/mol. The van der Waals surface area contributed by atoms with Crippen molar-refractivity contribution in [2.24, 2.45) is 5.11 Å². The first-order valence-corrected chi connectivity index (χ1v) is 18.3. The van der Waals surface area contributed by atoms with E-state index in [1.54, 1.807) is 19.1 Å². The van der Waals surface area contributed by atoms with Crippen LogP contribution in [-0.2, 0) is 14.3 Å². The fourth-order valence-corrected chi connectivity index (χ4v) is 6.45. The minimum atomic E-state index is -0.671. The number of azide groups is 1. The molecule has 0 radical (unpaired) electrons. The number of aromatic nitrogens is 5. The number of nitrogens with zero attached hydrogens (tertiary/aromatic N) is 6. The van der Waals surface area contributed by atoms with Crippen LogP contribution in [0.1, 0.15) is 89.1 Å². The van der Waals surface area contributed by atoms with Gasteiger partial charge in [0, 0.05) is 51.9 Å². The molecule has 4 N–H and O–H groups in total. The molecule has 5 aromatic rings. The van der Waals surface area contributed by atoms with Crippen molar-refractivity contribution in [1.82, 2.24) is 29.8 Å². The number of nitrogens with one attached hydrogen (secondary N) is 3. The van der Waals surface area contributed by atoms with Gasteiger partial charge in [0.1, 0.15) is 23.3 Å². The number of amides is 1. The van der Waals surface area contributed by atoms with Gasteiger partial charge in [-0.1, -0.05) is 43.6 Å². The number of carbonyl (C=O) groups excluding carboxylic acids is 4. The summed E-state index contributed by atoms with van der Waals surface area (Å²) in [5.74, 6) is -1.90. The topological polar surface area (TPSA) is 264 Å². The Labute approximate surface area is 323 Å². The van der Waals surface area contributed by atoms with Gasteiger partial charge in [-0.05, 0) is 49.6 Å². The summed E-state index contributed by atoms with van der Waals surface area (Å²) < 4.78 is 12.1. The van der Waals surface area contributed by atoms with Gasteiger partial charge in [-0.15, -0.1) is 0 Å². The fourth-order valence-electron chi connectivity index (χ4n) is 6.45. The number of para-hydroxylation sites is 1. The fraction of sp³-hybridized carbons (Fsp3) is 0.333. The van der Waals surface area contributed by atoms with E-state index in [0.717, 1.165) is 35.2 Å². The Morgan fingerprint density at radius 1 is 1.07 bits per heavy atom. The number of carbonyl (C=O) groups is 4. The van der Waals surface area contributed by atoms with Crippen LogP contribution in [0, 0.1) is 6.92 Å². The van der Waals surface area contributed by atoms with Crippen molar-refractivity contribution in [3.05, 3.63) is 114 Å². The van der Waals surface area contributed by atoms with E-state index in [1.165, 1.54) is 16.8 Å². The Hall–Kier alpha value is -6.75. The van der Waals surface area contributed by atoms with Crippen molar-refractivity contribution >= 4 is 45.2 Å². The number of hydrogen-bond acceptors (Lipinski definition) is 12. The van der Waals surface area contributed by atoms with Crippen LogP contribution >= 0.6 is 0 Å². The Morgan fingerprint density at radius 3 is 2.60 bits per heavy atom. The average molecular weight is 778 g/mol. The number of pyridine rings is 2. The van der Waals surface area contributed by atoms with Crippen LogP contribution in [0.2, 0.25) is 0 Å². The van der Waals surface area contributed by atoms with Gasteiger partial charge in [-0.2, -0.15) is 0 Å². The van der Waals surface area contributed by atoms with Crippen LogP contribution in [0.25, 0.3) is 43.6 Å². The van der Waals surface area contributed by atoms with Gasteiger partial charge < -0.3 is 24.9 Å². The number of aryl methyl sites for hydroxylation is 1. The van der Waals surface area contributed by atoms with Crippen LogP contribution in [-0.4, -0.2) is 78.4 Å². The Kier molecular flexibility index (Phi) is 12.2. The molecule has 1 fully saturated rings. The maximum Gasteiger partial charge on any atom is 0.356 e. The molecule has 0 bridgehead atoms. The third-order valence-corrected chi connectivity index (χ3v) is 9.37. The summed E-state index contributed by atoms with van der Waals surface area (Å²) in [5, 5.41) is 16.8. The number of ketones is 2. The van der Waals surface area contributed by atoms with Crippen molar-refractivity contribution in [2.75, 3.05) is 13.2 Å². The van der Waals surface area contributed by atoms with Gasteiger partial charge in [0.2, 0.25) is 11.7 Å². The lowest BCUT2D eigenvalue weighted by Gasteiger charge is -2.16. The van der Waals surface area contributed by atoms with Gasteiger partial charge in [-0.3, -0.25) is 28.7 Å². The lowest BCUT2D eigenvalue weighted by atomic mass is 9.96. The molecule has 1 amide bonds. The van der Waals surface area contributed by atoms with E-state index in [4.69, 9.17) is 20.1 Å². The number of allylic oxidation sites excluding steroid dienone is 2. The molecule has 0 saturated carbocycles. The second-order valence-corrected chi connectivity index (χ2v) is 13.4. The van der Waals surface area contributed by atoms with Crippen molar-refractivity contribution in [1.29, 1.82) is 0 Å². The predicted molar refractivity (Wildman–Crippen MR) is 206 cm³/mol. The number of aromatic amines is 2. The zero-order chi connectivity index (χ0) is 40.8. The zero-order valence-corrected chi connectivity index (χ0v) is 31.3. The second kappa shape index (κ2) is 17.4. The number of aliphatic hydroxyl groups excluding tert-OH is 1. The Morgan fingerprint density at radius 2 is 1.86 bits per heavy atom. The van der Waals surface area contributed by atoms with Gasteiger partial charge >= 0.3 is 11.7 Å². The minimum Gasteiger partial charge on any atom is -0.461 e. The number of hydrogen-bond donors (Lipinski definition) is 4. The maximum absolute atomic E-state index is 13.2. The Balaban J connectivity index is 0.000000242. The van der Waals surface area contributed by atoms with E-state index in [0.29, 0.717) is 28.9 Å². The summed E-state index contributed by atoms with van der Waals surface area (Å²) in [7, 11) is 0. The molecule has 294 valence electrons. The van der Waals surface area contributed by atoms with Gasteiger partial charge in [0.25, 0.3) is 5.56 Å². The van der Waals surface area contributed by atoms with Crippen LogP contribution in [0.15, 0.2) is 75.1 Å². The van der Waals surface area contributed by atoms with Crippen molar-refractivity contribution in [3.63, 3.8) is 0 Å². The number of aliphatic hydroxyl groups is 1. The molecular formula is C39H39N9O9. The van der Waals surface area contributed by atoms with Gasteiger partial charge in [0.05, 0.1) is 47.8 Å². The Bertz CT molecular complexity index is 2600. The number of benzene rings is 1. The standard InChI is InChI=1S/C29H26N4O5.C10H13N5O4/c1-3-5-13-38-29(37)22-14-18-16-9-6-7-10-19(16)31-25(18)27(33-22)20-12-11-17-23(34)15-21(28(36)26(17)32-20)30-24(35)8-4-2;1-5-3-15(10(18)12-9(5)17)8-2-6(13-14-11)7(4-16)19-8/h6-7,9-12,14-15,31H,3-5,8,13H2,1-2H3,(H,30,35);3,6-8,16H,2,4H2,1H3,(H,12,17,18)/t;6-,7+,8+/m.0/s1. The third kappa shape index (κ3) is 8.42. The highest BCUT2D eigenvalue weighted by atomic mass is 16.5. The maximum atomic E-state index is 13.2. The summed E-state index contributed by atoms with van der Waals surface area (Å²) in [6, 6.07) is 11.9. The van der Waals surface area contributed by atoms with Crippen LogP contribution in [0.4, 0.5) is 0 Å². The molecule has 2 aliphatic rings. The molecule has 57 heavy (non-hydrogen) atoms. The smallest absolute Gasteiger partial charge is 0.356 e. The summed E-state index contributed by atoms with van der Waals surface area (Å²) in [5.41, 5.74) is 9.93. The molecule has 3 atom stereocenters. The summed E-state index contributed by atoms with van der Waals surface area (Å²) in [6.45, 7) is 5.39. The van der Waals surface area contributed by atoms with E-state index in [9.17, 15) is 28.8 Å². The first kappa shape index (κ1) is 39.9. The minimum absolute atomic E-state index is 0.0798. The molecule has 18 heteroatoms. The van der Waals surface area contributed by atoms with Crippen molar-refractivity contribution < 1.29 is 33.8 Å². The van der Waals surface area contributed by atoms with Crippen molar-refractivity contribution in [3.8, 4) is 11.4 Å². The normalized spacial score (nSPS) is 17.3. The first-order chi connectivity index (χ1) is 27.5. The highest BCUT2D eigenvalue weighted by molar-refractivity contribution is 6.24. The van der Waals surface area contributed by atoms with E-state index in [1.807, 2.05) is 38.1 Å². The third-order valence-electron chi connectivity index (χ3n) is 9.37. The monoisotopic (exact) mass is 777 g/mol. The number of esters is 1. The van der Waals surface area contributed by atoms with E-state index < -0.39 is 47.2 Å². The van der Waals surface area contributed by atoms with E-state index in [-0.39, 0.29) is 54.6 Å². The highest BCUT2D eigenvalue weighted by Crippen LogP contribution is 2.34. The molecule has 1 aliphatic carbocycles. The molecule has 1 aliphatic heterocycles. The summed E-state index contributed by atoms with van der Waals surface area (Å²) in [4.78, 5) is 91.2. The summed E-state index contributed by atoms with van der Waals surface area (Å²) in [6.07, 6.45) is 3.90. The largest absolute Gasteiger partial charge is 0.461 e. The van der Waals surface area contributed by atoms with Crippen LogP contribution in [0.5, 0.6) is 0 Å². The van der Waals surface area contributed by atoms with Crippen LogP contribution in [0.3, 0.4) is 0 Å².